The highest BCUT2D eigenvalue weighted by Gasteiger charge is 2.35. The van der Waals surface area contributed by atoms with E-state index in [1.54, 1.807) is 6.33 Å². The largest absolute Gasteiger partial charge is 0.317 e. The van der Waals surface area contributed by atoms with Gasteiger partial charge in [0, 0.05) is 24.2 Å². The Kier molecular flexibility index (Phi) is 3.17. The number of benzene rings is 1. The van der Waals surface area contributed by atoms with Gasteiger partial charge in [0.25, 0.3) is 0 Å². The smallest absolute Gasteiger partial charge is 0.161 e. The van der Waals surface area contributed by atoms with Crippen LogP contribution in [0, 0.1) is 11.6 Å². The molecule has 0 radical (unpaired) electrons. The van der Waals surface area contributed by atoms with Crippen molar-refractivity contribution in [2.45, 2.75) is 57.3 Å². The maximum atomic E-state index is 13.5. The molecule has 2 aliphatic carbocycles. The predicted molar refractivity (Wildman–Crippen MR) is 76.8 cm³/mol. The highest BCUT2D eigenvalue weighted by Crippen LogP contribution is 2.35. The zero-order valence-corrected chi connectivity index (χ0v) is 11.9. The number of halogens is 2. The fourth-order valence-corrected chi connectivity index (χ4v) is 3.51. The van der Waals surface area contributed by atoms with E-state index in [0.717, 1.165) is 6.67 Å². The Hall–Kier alpha value is -1.49. The van der Waals surface area contributed by atoms with Crippen molar-refractivity contribution in [3.05, 3.63) is 30.1 Å². The lowest BCUT2D eigenvalue weighted by Crippen LogP contribution is -2.36. The number of fused-ring (bicyclic) bond motifs is 1. The molecule has 3 nitrogen and oxygen atoms in total. The van der Waals surface area contributed by atoms with Crippen LogP contribution in [0.1, 0.15) is 38.5 Å². The summed E-state index contributed by atoms with van der Waals surface area (Å²) in [5.41, 5.74) is 1.20. The minimum atomic E-state index is -0.831. The van der Waals surface area contributed by atoms with Gasteiger partial charge >= 0.3 is 0 Å². The van der Waals surface area contributed by atoms with E-state index >= 15 is 0 Å². The molecule has 0 N–H and O–H groups in total. The molecule has 0 atom stereocenters. The molecular weight excluding hydrogens is 272 g/mol. The summed E-state index contributed by atoms with van der Waals surface area (Å²) < 4.78 is 28.7. The molecule has 1 heterocycles. The number of hydrogen-bond acceptors (Lipinski definition) is 2. The maximum Gasteiger partial charge on any atom is 0.161 e. The monoisotopic (exact) mass is 291 g/mol. The van der Waals surface area contributed by atoms with Crippen molar-refractivity contribution in [1.82, 2.24) is 14.5 Å². The molecule has 2 aromatic rings. The lowest BCUT2D eigenvalue weighted by molar-refractivity contribution is 0.145. The van der Waals surface area contributed by atoms with Crippen LogP contribution >= 0.6 is 0 Å². The fourth-order valence-electron chi connectivity index (χ4n) is 3.51. The van der Waals surface area contributed by atoms with Gasteiger partial charge in [0.15, 0.2) is 11.6 Å². The Morgan fingerprint density at radius 2 is 1.71 bits per heavy atom. The van der Waals surface area contributed by atoms with Crippen molar-refractivity contribution >= 4 is 11.0 Å². The Labute approximate surface area is 122 Å². The van der Waals surface area contributed by atoms with Crippen LogP contribution in [0.2, 0.25) is 0 Å². The fraction of sp³-hybridized carbons (Fsp3) is 0.562. The van der Waals surface area contributed by atoms with E-state index < -0.39 is 11.6 Å². The van der Waals surface area contributed by atoms with Crippen LogP contribution in [0.4, 0.5) is 8.78 Å². The molecule has 2 saturated carbocycles. The van der Waals surface area contributed by atoms with Crippen molar-refractivity contribution < 1.29 is 8.78 Å². The molecule has 112 valence electrons. The first-order valence-corrected chi connectivity index (χ1v) is 7.78. The minimum Gasteiger partial charge on any atom is -0.317 e. The van der Waals surface area contributed by atoms with E-state index in [4.69, 9.17) is 0 Å². The van der Waals surface area contributed by atoms with Gasteiger partial charge in [0.1, 0.15) is 0 Å². The highest BCUT2D eigenvalue weighted by molar-refractivity contribution is 5.75. The third-order valence-corrected chi connectivity index (χ3v) is 4.79. The number of rotatable bonds is 4. The van der Waals surface area contributed by atoms with Gasteiger partial charge in [-0.3, -0.25) is 4.90 Å². The number of imidazole rings is 1. The van der Waals surface area contributed by atoms with Gasteiger partial charge in [-0.25, -0.2) is 13.8 Å². The van der Waals surface area contributed by atoms with Crippen molar-refractivity contribution in [3.63, 3.8) is 0 Å². The summed E-state index contributed by atoms with van der Waals surface area (Å²) >= 11 is 0. The molecule has 0 amide bonds. The van der Waals surface area contributed by atoms with Crippen LogP contribution < -0.4 is 0 Å². The molecule has 0 spiro atoms. The average Bonchev–Trinajstić information content (AvgIpc) is 3.02. The van der Waals surface area contributed by atoms with Crippen LogP contribution in [-0.2, 0) is 6.67 Å². The van der Waals surface area contributed by atoms with Crippen molar-refractivity contribution in [3.8, 4) is 0 Å². The first-order chi connectivity index (χ1) is 10.2. The third kappa shape index (κ3) is 2.44. The van der Waals surface area contributed by atoms with E-state index in [1.165, 1.54) is 50.7 Å². The van der Waals surface area contributed by atoms with Crippen LogP contribution in [0.25, 0.3) is 11.0 Å². The van der Waals surface area contributed by atoms with Gasteiger partial charge in [-0.15, -0.1) is 0 Å². The van der Waals surface area contributed by atoms with E-state index in [2.05, 4.69) is 9.88 Å². The second-order valence-corrected chi connectivity index (χ2v) is 6.29. The highest BCUT2D eigenvalue weighted by atomic mass is 19.2. The second kappa shape index (κ2) is 5.05. The van der Waals surface area contributed by atoms with Gasteiger partial charge in [-0.2, -0.15) is 0 Å². The quantitative estimate of drug-likeness (QED) is 0.857. The molecular formula is C16H19F2N3. The van der Waals surface area contributed by atoms with Crippen molar-refractivity contribution in [2.75, 3.05) is 0 Å². The van der Waals surface area contributed by atoms with Gasteiger partial charge < -0.3 is 4.57 Å². The summed E-state index contributed by atoms with van der Waals surface area (Å²) in [5.74, 6) is -1.63. The SMILES string of the molecule is Fc1cc2ncn(CN(C3CCCC3)C3CC3)c2cc1F. The summed E-state index contributed by atoms with van der Waals surface area (Å²) in [6, 6.07) is 3.74. The molecule has 4 rings (SSSR count). The van der Waals surface area contributed by atoms with Crippen LogP contribution in [0.5, 0.6) is 0 Å². The lowest BCUT2D eigenvalue weighted by atomic mass is 10.2. The summed E-state index contributed by atoms with van der Waals surface area (Å²) in [5, 5.41) is 0. The molecule has 0 saturated heterocycles. The van der Waals surface area contributed by atoms with E-state index in [9.17, 15) is 8.78 Å². The van der Waals surface area contributed by atoms with Crippen molar-refractivity contribution in [1.29, 1.82) is 0 Å². The number of hydrogen-bond donors (Lipinski definition) is 0. The molecule has 0 unspecified atom stereocenters. The van der Waals surface area contributed by atoms with Crippen LogP contribution in [0.3, 0.4) is 0 Å². The topological polar surface area (TPSA) is 21.1 Å². The summed E-state index contributed by atoms with van der Waals surface area (Å²) in [6.07, 6.45) is 9.33. The summed E-state index contributed by atoms with van der Waals surface area (Å²) in [6.45, 7) is 0.733. The van der Waals surface area contributed by atoms with Crippen LogP contribution in [-0.4, -0.2) is 26.5 Å². The lowest BCUT2D eigenvalue weighted by Gasteiger charge is -2.29. The molecule has 1 aromatic heterocycles. The van der Waals surface area contributed by atoms with Gasteiger partial charge in [0.2, 0.25) is 0 Å². The van der Waals surface area contributed by atoms with E-state index in [-0.39, 0.29) is 0 Å². The standard InChI is InChI=1S/C16H19F2N3/c17-13-7-15-16(8-14(13)18)20(9-19-15)10-21(12-5-6-12)11-3-1-2-4-11/h7-9,11-12H,1-6,10H2. The average molecular weight is 291 g/mol. The molecule has 0 bridgehead atoms. The van der Waals surface area contributed by atoms with Gasteiger partial charge in [-0.05, 0) is 25.7 Å². The number of aromatic nitrogens is 2. The Bertz CT molecular complexity index is 657. The summed E-state index contributed by atoms with van der Waals surface area (Å²) in [4.78, 5) is 6.75. The third-order valence-electron chi connectivity index (χ3n) is 4.79. The van der Waals surface area contributed by atoms with Gasteiger partial charge in [-0.1, -0.05) is 12.8 Å². The second-order valence-electron chi connectivity index (χ2n) is 6.29. The Morgan fingerprint density at radius 3 is 2.43 bits per heavy atom. The van der Waals surface area contributed by atoms with E-state index in [1.807, 2.05) is 4.57 Å². The first-order valence-electron chi connectivity index (χ1n) is 7.78. The zero-order chi connectivity index (χ0) is 14.4. The Morgan fingerprint density at radius 1 is 1.05 bits per heavy atom. The Balaban J connectivity index is 1.64. The molecule has 21 heavy (non-hydrogen) atoms. The normalized spacial score (nSPS) is 20.0. The minimum absolute atomic E-state index is 0.524. The van der Waals surface area contributed by atoms with Gasteiger partial charge in [0.05, 0.1) is 24.0 Å². The predicted octanol–water partition coefficient (Wildman–Crippen LogP) is 3.68. The molecule has 0 aliphatic heterocycles. The molecule has 2 fully saturated rings. The summed E-state index contributed by atoms with van der Waals surface area (Å²) in [7, 11) is 0. The van der Waals surface area contributed by atoms with Crippen molar-refractivity contribution in [2.24, 2.45) is 0 Å². The maximum absolute atomic E-state index is 13.5. The number of nitrogens with zero attached hydrogens (tertiary/aromatic N) is 3. The molecule has 1 aromatic carbocycles. The molecule has 5 heteroatoms. The zero-order valence-electron chi connectivity index (χ0n) is 11.9. The van der Waals surface area contributed by atoms with E-state index in [0.29, 0.717) is 23.1 Å². The first kappa shape index (κ1) is 13.2. The molecule has 2 aliphatic rings. The van der Waals surface area contributed by atoms with Crippen LogP contribution in [0.15, 0.2) is 18.5 Å².